The lowest BCUT2D eigenvalue weighted by atomic mass is 9.83. The molecule has 0 amide bonds. The van der Waals surface area contributed by atoms with Crippen molar-refractivity contribution >= 4 is 0 Å². The molecule has 0 bridgehead atoms. The predicted octanol–water partition coefficient (Wildman–Crippen LogP) is 6.15. The Morgan fingerprint density at radius 2 is 1.44 bits per heavy atom. The number of para-hydroxylation sites is 1. The molecular weight excluding hydrogens is 344 g/mol. The predicted molar refractivity (Wildman–Crippen MR) is 103 cm³/mol. The lowest BCUT2D eigenvalue weighted by Gasteiger charge is -2.29. The average Bonchev–Trinajstić information content (AvgIpc) is 2.71. The van der Waals surface area contributed by atoms with Gasteiger partial charge < -0.3 is 4.74 Å². The molecule has 2 nitrogen and oxygen atoms in total. The normalized spacial score (nSPS) is 18.9. The summed E-state index contributed by atoms with van der Waals surface area (Å²) in [6.07, 6.45) is 7.37. The number of nitrogens with zero attached hydrogens (tertiary/aromatic N) is 1. The summed E-state index contributed by atoms with van der Waals surface area (Å²) in [7, 11) is 0. The van der Waals surface area contributed by atoms with Crippen LogP contribution in [-0.4, -0.2) is 11.1 Å². The zero-order chi connectivity index (χ0) is 18.9. The summed E-state index contributed by atoms with van der Waals surface area (Å²) in [6.45, 7) is 0. The number of hydrogen-bond acceptors (Lipinski definition) is 2. The monoisotopic (exact) mass is 367 g/mol. The smallest absolute Gasteiger partial charge is 0.141 e. The Morgan fingerprint density at radius 3 is 2.00 bits per heavy atom. The molecule has 0 N–H and O–H groups in total. The zero-order valence-corrected chi connectivity index (χ0v) is 15.1. The van der Waals surface area contributed by atoms with Crippen molar-refractivity contribution in [3.63, 3.8) is 0 Å². The van der Waals surface area contributed by atoms with Crippen LogP contribution in [0.4, 0.5) is 8.78 Å². The van der Waals surface area contributed by atoms with Gasteiger partial charge in [-0.05, 0) is 73.6 Å². The molecule has 4 heteroatoms. The van der Waals surface area contributed by atoms with Gasteiger partial charge >= 0.3 is 0 Å². The number of ether oxygens (including phenoxy) is 1. The molecule has 0 atom stereocenters. The SMILES string of the molecule is Fc1ccc(C2CCC(Oc3ccccc3)CC2)cc1.Fc1cccnc1. The van der Waals surface area contributed by atoms with Crippen molar-refractivity contribution < 1.29 is 13.5 Å². The lowest BCUT2D eigenvalue weighted by Crippen LogP contribution is -2.23. The van der Waals surface area contributed by atoms with Crippen LogP contribution in [0.2, 0.25) is 0 Å². The number of benzene rings is 2. The van der Waals surface area contributed by atoms with Gasteiger partial charge in [0.05, 0.1) is 12.3 Å². The lowest BCUT2D eigenvalue weighted by molar-refractivity contribution is 0.146. The van der Waals surface area contributed by atoms with Crippen molar-refractivity contribution in [2.24, 2.45) is 0 Å². The second-order valence-corrected chi connectivity index (χ2v) is 6.63. The van der Waals surface area contributed by atoms with Gasteiger partial charge in [0.1, 0.15) is 17.4 Å². The molecule has 1 aliphatic carbocycles. The summed E-state index contributed by atoms with van der Waals surface area (Å²) >= 11 is 0. The highest BCUT2D eigenvalue weighted by atomic mass is 19.1. The molecule has 1 aromatic heterocycles. The molecule has 27 heavy (non-hydrogen) atoms. The van der Waals surface area contributed by atoms with Crippen LogP contribution in [0.1, 0.15) is 37.2 Å². The van der Waals surface area contributed by atoms with Gasteiger partial charge in [0.2, 0.25) is 0 Å². The van der Waals surface area contributed by atoms with E-state index in [1.165, 1.54) is 24.0 Å². The maximum Gasteiger partial charge on any atom is 0.141 e. The Morgan fingerprint density at radius 1 is 0.741 bits per heavy atom. The zero-order valence-electron chi connectivity index (χ0n) is 15.1. The largest absolute Gasteiger partial charge is 0.490 e. The van der Waals surface area contributed by atoms with Gasteiger partial charge in [-0.15, -0.1) is 0 Å². The molecule has 0 aliphatic heterocycles. The molecule has 3 aromatic rings. The van der Waals surface area contributed by atoms with E-state index in [4.69, 9.17) is 4.74 Å². The van der Waals surface area contributed by atoms with Crippen LogP contribution >= 0.6 is 0 Å². The quantitative estimate of drug-likeness (QED) is 0.554. The topological polar surface area (TPSA) is 22.1 Å². The highest BCUT2D eigenvalue weighted by molar-refractivity contribution is 5.23. The summed E-state index contributed by atoms with van der Waals surface area (Å²) in [5.74, 6) is 1.06. The van der Waals surface area contributed by atoms with Crippen molar-refractivity contribution in [1.82, 2.24) is 4.98 Å². The van der Waals surface area contributed by atoms with Gasteiger partial charge in [-0.2, -0.15) is 0 Å². The first-order chi connectivity index (χ1) is 13.2. The van der Waals surface area contributed by atoms with Crippen LogP contribution in [-0.2, 0) is 0 Å². The summed E-state index contributed by atoms with van der Waals surface area (Å²) < 4.78 is 30.8. The van der Waals surface area contributed by atoms with Crippen molar-refractivity contribution in [1.29, 1.82) is 0 Å². The van der Waals surface area contributed by atoms with Crippen LogP contribution in [0.25, 0.3) is 0 Å². The summed E-state index contributed by atoms with van der Waals surface area (Å²) in [5, 5.41) is 0. The number of halogens is 2. The molecule has 4 rings (SSSR count). The van der Waals surface area contributed by atoms with E-state index < -0.39 is 0 Å². The van der Waals surface area contributed by atoms with Gasteiger partial charge in [-0.1, -0.05) is 30.3 Å². The first-order valence-corrected chi connectivity index (χ1v) is 9.23. The third-order valence-electron chi connectivity index (χ3n) is 4.69. The highest BCUT2D eigenvalue weighted by Crippen LogP contribution is 2.34. The summed E-state index contributed by atoms with van der Waals surface area (Å²) in [6, 6.07) is 19.9. The molecule has 2 aromatic carbocycles. The maximum atomic E-state index is 12.9. The number of pyridine rings is 1. The number of rotatable bonds is 3. The number of hydrogen-bond donors (Lipinski definition) is 0. The molecule has 1 saturated carbocycles. The van der Waals surface area contributed by atoms with Crippen LogP contribution in [0.3, 0.4) is 0 Å². The molecule has 0 radical (unpaired) electrons. The Kier molecular flexibility index (Phi) is 6.91. The minimum Gasteiger partial charge on any atom is -0.490 e. The van der Waals surface area contributed by atoms with Crippen LogP contribution < -0.4 is 4.74 Å². The maximum absolute atomic E-state index is 12.9. The fourth-order valence-electron chi connectivity index (χ4n) is 3.28. The van der Waals surface area contributed by atoms with Gasteiger partial charge in [-0.25, -0.2) is 8.78 Å². The molecular formula is C23H23F2NO. The van der Waals surface area contributed by atoms with E-state index in [0.29, 0.717) is 12.0 Å². The first-order valence-electron chi connectivity index (χ1n) is 9.23. The Bertz CT molecular complexity index is 786. The van der Waals surface area contributed by atoms with E-state index in [-0.39, 0.29) is 11.6 Å². The fraction of sp³-hybridized carbons (Fsp3) is 0.261. The number of aromatic nitrogens is 1. The van der Waals surface area contributed by atoms with Gasteiger partial charge in [0, 0.05) is 6.20 Å². The Balaban J connectivity index is 0.000000253. The van der Waals surface area contributed by atoms with Crippen molar-refractivity contribution in [3.05, 3.63) is 96.3 Å². The van der Waals surface area contributed by atoms with Crippen LogP contribution in [0.15, 0.2) is 79.1 Å². The van der Waals surface area contributed by atoms with E-state index in [1.54, 1.807) is 18.2 Å². The van der Waals surface area contributed by atoms with Crippen molar-refractivity contribution in [2.45, 2.75) is 37.7 Å². The van der Waals surface area contributed by atoms with E-state index in [0.717, 1.165) is 31.4 Å². The molecule has 1 fully saturated rings. The molecule has 0 saturated heterocycles. The van der Waals surface area contributed by atoms with Crippen LogP contribution in [0.5, 0.6) is 5.75 Å². The van der Waals surface area contributed by atoms with Gasteiger partial charge in [0.25, 0.3) is 0 Å². The van der Waals surface area contributed by atoms with E-state index in [1.807, 2.05) is 42.5 Å². The molecule has 1 heterocycles. The van der Waals surface area contributed by atoms with E-state index in [9.17, 15) is 8.78 Å². The second kappa shape index (κ2) is 9.81. The average molecular weight is 367 g/mol. The standard InChI is InChI=1S/C18H19FO.C5H4FN/c19-16-10-6-14(7-11-16)15-8-12-18(13-9-15)20-17-4-2-1-3-5-17;6-5-2-1-3-7-4-5/h1-7,10-11,15,18H,8-9,12-13H2;1-4H. The van der Waals surface area contributed by atoms with Gasteiger partial charge in [-0.3, -0.25) is 4.98 Å². The fourth-order valence-corrected chi connectivity index (χ4v) is 3.28. The highest BCUT2D eigenvalue weighted by Gasteiger charge is 2.23. The second-order valence-electron chi connectivity index (χ2n) is 6.63. The Labute approximate surface area is 158 Å². The van der Waals surface area contributed by atoms with Crippen molar-refractivity contribution in [3.8, 4) is 5.75 Å². The third-order valence-corrected chi connectivity index (χ3v) is 4.69. The van der Waals surface area contributed by atoms with Crippen LogP contribution in [0, 0.1) is 11.6 Å². The molecule has 140 valence electrons. The minimum absolute atomic E-state index is 0.158. The first kappa shape index (κ1) is 19.0. The van der Waals surface area contributed by atoms with Crippen molar-refractivity contribution in [2.75, 3.05) is 0 Å². The van der Waals surface area contributed by atoms with E-state index >= 15 is 0 Å². The Hall–Kier alpha value is -2.75. The van der Waals surface area contributed by atoms with Gasteiger partial charge in [0.15, 0.2) is 0 Å². The third kappa shape index (κ3) is 6.17. The summed E-state index contributed by atoms with van der Waals surface area (Å²) in [5.41, 5.74) is 1.25. The molecule has 0 spiro atoms. The summed E-state index contributed by atoms with van der Waals surface area (Å²) in [4.78, 5) is 3.51. The van der Waals surface area contributed by atoms with E-state index in [2.05, 4.69) is 4.98 Å². The molecule has 1 aliphatic rings. The molecule has 0 unspecified atom stereocenters. The minimum atomic E-state index is -0.289.